The van der Waals surface area contributed by atoms with Crippen LogP contribution in [0.15, 0.2) is 42.5 Å². The average Bonchev–Trinajstić information content (AvgIpc) is 3.22. The van der Waals surface area contributed by atoms with E-state index in [2.05, 4.69) is 0 Å². The van der Waals surface area contributed by atoms with Crippen LogP contribution in [0.2, 0.25) is 0 Å². The molecule has 2 aromatic carbocycles. The number of fused-ring (bicyclic) bond motifs is 1. The molecule has 2 unspecified atom stereocenters. The van der Waals surface area contributed by atoms with Gasteiger partial charge in [0.2, 0.25) is 10.0 Å². The zero-order valence-electron chi connectivity index (χ0n) is 20.3. The molecule has 0 spiro atoms. The van der Waals surface area contributed by atoms with Crippen molar-refractivity contribution in [3.63, 3.8) is 0 Å². The van der Waals surface area contributed by atoms with Crippen molar-refractivity contribution >= 4 is 16.1 Å². The van der Waals surface area contributed by atoms with Crippen LogP contribution in [0.25, 0.3) is 0 Å². The summed E-state index contributed by atoms with van der Waals surface area (Å²) < 4.78 is 44.8. The summed E-state index contributed by atoms with van der Waals surface area (Å²) in [5, 5.41) is 0. The monoisotopic (exact) mass is 500 g/mol. The highest BCUT2D eigenvalue weighted by atomic mass is 32.2. The van der Waals surface area contributed by atoms with Gasteiger partial charge in [-0.1, -0.05) is 30.3 Å². The molecule has 4 atom stereocenters. The van der Waals surface area contributed by atoms with Crippen molar-refractivity contribution in [1.29, 1.82) is 0 Å². The first-order valence-corrected chi connectivity index (χ1v) is 13.6. The third-order valence-electron chi connectivity index (χ3n) is 7.25. The highest BCUT2D eigenvalue weighted by Crippen LogP contribution is 2.46. The molecular weight excluding hydrogens is 468 g/mol. The van der Waals surface area contributed by atoms with Crippen LogP contribution in [0.4, 0.5) is 4.79 Å². The molecular formula is C26H32N2O6S. The van der Waals surface area contributed by atoms with Crippen molar-refractivity contribution in [1.82, 2.24) is 9.21 Å². The number of carbonyl (C=O) groups is 1. The Kier molecular flexibility index (Phi) is 6.50. The van der Waals surface area contributed by atoms with Gasteiger partial charge in [0.1, 0.15) is 23.7 Å². The van der Waals surface area contributed by atoms with Gasteiger partial charge in [-0.25, -0.2) is 17.5 Å². The fraction of sp³-hybridized carbons (Fsp3) is 0.500. The average molecular weight is 501 g/mol. The normalized spacial score (nSPS) is 26.0. The van der Waals surface area contributed by atoms with E-state index in [9.17, 15) is 13.2 Å². The summed E-state index contributed by atoms with van der Waals surface area (Å²) in [6, 6.07) is 12.9. The lowest BCUT2D eigenvalue weighted by Crippen LogP contribution is -2.33. The zero-order valence-corrected chi connectivity index (χ0v) is 21.2. The van der Waals surface area contributed by atoms with Gasteiger partial charge in [0.05, 0.1) is 18.8 Å². The number of para-hydroxylation sites is 1. The van der Waals surface area contributed by atoms with Gasteiger partial charge in [-0.3, -0.25) is 0 Å². The van der Waals surface area contributed by atoms with Gasteiger partial charge in [-0.15, -0.1) is 0 Å². The summed E-state index contributed by atoms with van der Waals surface area (Å²) in [5.41, 5.74) is 2.47. The lowest BCUT2D eigenvalue weighted by atomic mass is 10.1. The van der Waals surface area contributed by atoms with Crippen LogP contribution in [-0.4, -0.2) is 69.2 Å². The molecule has 0 bridgehead atoms. The standard InChI is InChI=1S/C26H32N2O6S/c1-17-6-4-7-18(2)25(17)34-26(29)27-14-23(32-3)24(15-27)33-22-9-5-8-19(10-22)16-35(30,31)28-12-20-11-21(20)13-28/h4-10,20-21,23-24H,11-16H2,1-3H3/t20?,21?,23-,24-/m1/s1. The second kappa shape index (κ2) is 9.44. The molecule has 1 aliphatic carbocycles. The number of likely N-dealkylation sites (tertiary alicyclic amines) is 1. The lowest BCUT2D eigenvalue weighted by Gasteiger charge is -2.20. The molecule has 0 aromatic heterocycles. The number of carbonyl (C=O) groups excluding carboxylic acids is 1. The van der Waals surface area contributed by atoms with Crippen LogP contribution in [-0.2, 0) is 20.5 Å². The van der Waals surface area contributed by atoms with Gasteiger partial charge in [0.25, 0.3) is 0 Å². The number of benzene rings is 2. The molecule has 9 heteroatoms. The third kappa shape index (κ3) is 5.17. The molecule has 0 N–H and O–H groups in total. The topological polar surface area (TPSA) is 85.4 Å². The Labute approximate surface area is 206 Å². The van der Waals surface area contributed by atoms with Crippen molar-refractivity contribution < 1.29 is 27.4 Å². The molecule has 1 amide bonds. The first-order chi connectivity index (χ1) is 16.7. The number of methoxy groups -OCH3 is 1. The van der Waals surface area contributed by atoms with Crippen molar-refractivity contribution in [2.75, 3.05) is 33.3 Å². The lowest BCUT2D eigenvalue weighted by molar-refractivity contribution is 0.0341. The predicted molar refractivity (Wildman–Crippen MR) is 131 cm³/mol. The minimum atomic E-state index is -3.35. The summed E-state index contributed by atoms with van der Waals surface area (Å²) in [5.74, 6) is 2.18. The molecule has 2 heterocycles. The molecule has 2 saturated heterocycles. The number of amides is 1. The summed E-state index contributed by atoms with van der Waals surface area (Å²) in [6.45, 7) is 5.76. The zero-order chi connectivity index (χ0) is 24.7. The van der Waals surface area contributed by atoms with Gasteiger partial charge in [0, 0.05) is 20.2 Å². The van der Waals surface area contributed by atoms with E-state index in [0.717, 1.165) is 17.5 Å². The molecule has 3 fully saturated rings. The van der Waals surface area contributed by atoms with Crippen molar-refractivity contribution in [3.05, 3.63) is 59.2 Å². The Hall–Kier alpha value is -2.62. The van der Waals surface area contributed by atoms with Gasteiger partial charge >= 0.3 is 6.09 Å². The van der Waals surface area contributed by atoms with Crippen molar-refractivity contribution in [3.8, 4) is 11.5 Å². The van der Waals surface area contributed by atoms with Crippen molar-refractivity contribution in [2.45, 2.75) is 38.2 Å². The number of hydrogen-bond acceptors (Lipinski definition) is 6. The Morgan fingerprint density at radius 2 is 1.63 bits per heavy atom. The Morgan fingerprint density at radius 1 is 0.971 bits per heavy atom. The number of hydrogen-bond donors (Lipinski definition) is 0. The molecule has 2 aromatic rings. The minimum Gasteiger partial charge on any atom is -0.486 e. The van der Waals surface area contributed by atoms with Gasteiger partial charge < -0.3 is 19.1 Å². The third-order valence-corrected chi connectivity index (χ3v) is 9.03. The fourth-order valence-corrected chi connectivity index (χ4v) is 6.73. The minimum absolute atomic E-state index is 0.0454. The molecule has 5 rings (SSSR count). The second-order valence-corrected chi connectivity index (χ2v) is 11.9. The predicted octanol–water partition coefficient (Wildman–Crippen LogP) is 3.36. The van der Waals surface area contributed by atoms with Crippen LogP contribution < -0.4 is 9.47 Å². The molecule has 2 aliphatic heterocycles. The smallest absolute Gasteiger partial charge is 0.415 e. The summed E-state index contributed by atoms with van der Waals surface area (Å²) in [6.07, 6.45) is -0.0154. The molecule has 3 aliphatic rings. The first-order valence-electron chi connectivity index (χ1n) is 12.0. The van der Waals surface area contributed by atoms with E-state index in [-0.39, 0.29) is 11.9 Å². The largest absolute Gasteiger partial charge is 0.486 e. The highest BCUT2D eigenvalue weighted by Gasteiger charge is 2.48. The van der Waals surface area contributed by atoms with Crippen LogP contribution >= 0.6 is 0 Å². The molecule has 188 valence electrons. The van der Waals surface area contributed by atoms with Crippen LogP contribution in [0.3, 0.4) is 0 Å². The number of piperidine rings is 1. The fourth-order valence-electron chi connectivity index (χ4n) is 5.11. The molecule has 1 saturated carbocycles. The molecule has 0 radical (unpaired) electrons. The number of aryl methyl sites for hydroxylation is 2. The maximum Gasteiger partial charge on any atom is 0.415 e. The van der Waals surface area contributed by atoms with E-state index in [4.69, 9.17) is 14.2 Å². The van der Waals surface area contributed by atoms with Crippen LogP contribution in [0, 0.1) is 25.7 Å². The molecule has 8 nitrogen and oxygen atoms in total. The van der Waals surface area contributed by atoms with Gasteiger partial charge in [-0.2, -0.15) is 0 Å². The number of sulfonamides is 1. The molecule has 35 heavy (non-hydrogen) atoms. The first kappa shape index (κ1) is 24.1. The van der Waals surface area contributed by atoms with E-state index < -0.39 is 22.2 Å². The highest BCUT2D eigenvalue weighted by molar-refractivity contribution is 7.88. The Morgan fingerprint density at radius 3 is 2.31 bits per heavy atom. The van der Waals surface area contributed by atoms with Gasteiger partial charge in [0.15, 0.2) is 0 Å². The van der Waals surface area contributed by atoms with E-state index in [1.165, 1.54) is 0 Å². The van der Waals surface area contributed by atoms with E-state index in [0.29, 0.717) is 55.1 Å². The van der Waals surface area contributed by atoms with E-state index >= 15 is 0 Å². The van der Waals surface area contributed by atoms with E-state index in [1.54, 1.807) is 40.6 Å². The Bertz CT molecular complexity index is 1190. The quantitative estimate of drug-likeness (QED) is 0.580. The van der Waals surface area contributed by atoms with Gasteiger partial charge in [-0.05, 0) is 60.9 Å². The SMILES string of the molecule is CO[C@@H]1CN(C(=O)Oc2c(C)cccc2C)C[C@H]1Oc1cccc(CS(=O)(=O)N2CC3CC3C2)c1. The van der Waals surface area contributed by atoms with Crippen LogP contribution in [0.5, 0.6) is 11.5 Å². The number of ether oxygens (including phenoxy) is 3. The maximum absolute atomic E-state index is 12.9. The Balaban J connectivity index is 1.23. The number of nitrogens with zero attached hydrogens (tertiary/aromatic N) is 2. The summed E-state index contributed by atoms with van der Waals surface area (Å²) >= 11 is 0. The summed E-state index contributed by atoms with van der Waals surface area (Å²) in [4.78, 5) is 14.4. The van der Waals surface area contributed by atoms with Crippen LogP contribution in [0.1, 0.15) is 23.1 Å². The summed E-state index contributed by atoms with van der Waals surface area (Å²) in [7, 11) is -1.76. The number of rotatable bonds is 7. The maximum atomic E-state index is 12.9. The van der Waals surface area contributed by atoms with E-state index in [1.807, 2.05) is 32.0 Å². The second-order valence-electron chi connectivity index (χ2n) is 9.90. The van der Waals surface area contributed by atoms with Crippen molar-refractivity contribution in [2.24, 2.45) is 11.8 Å².